The third-order valence-corrected chi connectivity index (χ3v) is 4.19. The minimum absolute atomic E-state index is 0.0464. The number of nitro groups is 1. The van der Waals surface area contributed by atoms with Crippen LogP contribution in [-0.4, -0.2) is 42.4 Å². The van der Waals surface area contributed by atoms with Crippen LogP contribution < -0.4 is 19.5 Å². The smallest absolute Gasteiger partial charge is 0.322 e. The van der Waals surface area contributed by atoms with Crippen LogP contribution in [0, 0.1) is 10.1 Å². The average Bonchev–Trinajstić information content (AvgIpc) is 3.20. The summed E-state index contributed by atoms with van der Waals surface area (Å²) in [6, 6.07) is 6.52. The Morgan fingerprint density at radius 1 is 1.10 bits per heavy atom. The minimum atomic E-state index is -0.829. The number of benzene rings is 2. The Morgan fingerprint density at radius 2 is 1.77 bits per heavy atom. The number of aromatic nitrogens is 2. The minimum Gasteiger partial charge on any atom is -0.493 e. The second-order valence-electron chi connectivity index (χ2n) is 5.70. The highest BCUT2D eigenvalue weighted by Crippen LogP contribution is 2.41. The Labute approximate surface area is 174 Å². The summed E-state index contributed by atoms with van der Waals surface area (Å²) in [5.74, 6) is 0.329. The lowest BCUT2D eigenvalue weighted by Gasteiger charge is -2.12. The predicted octanol–water partition coefficient (Wildman–Crippen LogP) is 3.58. The molecule has 11 nitrogen and oxygen atoms in total. The molecular formula is C18H15ClN4O7. The number of nitrogens with zero attached hydrogens (tertiary/aromatic N) is 3. The fourth-order valence-corrected chi connectivity index (χ4v) is 2.78. The molecule has 0 bridgehead atoms. The van der Waals surface area contributed by atoms with Gasteiger partial charge < -0.3 is 18.6 Å². The van der Waals surface area contributed by atoms with E-state index in [1.54, 1.807) is 12.1 Å². The first-order valence-electron chi connectivity index (χ1n) is 8.27. The summed E-state index contributed by atoms with van der Waals surface area (Å²) < 4.78 is 21.3. The summed E-state index contributed by atoms with van der Waals surface area (Å²) in [5, 5.41) is 21.2. The zero-order chi connectivity index (χ0) is 21.8. The van der Waals surface area contributed by atoms with Gasteiger partial charge in [0, 0.05) is 16.7 Å². The van der Waals surface area contributed by atoms with Gasteiger partial charge in [0.1, 0.15) is 5.56 Å². The lowest BCUT2D eigenvalue weighted by Crippen LogP contribution is -2.14. The van der Waals surface area contributed by atoms with E-state index in [0.717, 1.165) is 6.07 Å². The van der Waals surface area contributed by atoms with Crippen molar-refractivity contribution < 1.29 is 28.3 Å². The molecule has 3 rings (SSSR count). The summed E-state index contributed by atoms with van der Waals surface area (Å²) in [6.07, 6.45) is 0. The van der Waals surface area contributed by atoms with Crippen LogP contribution in [0.25, 0.3) is 11.5 Å². The quantitative estimate of drug-likeness (QED) is 0.436. The van der Waals surface area contributed by atoms with E-state index in [4.69, 9.17) is 30.2 Å². The van der Waals surface area contributed by atoms with Crippen molar-refractivity contribution in [3.8, 4) is 28.7 Å². The molecule has 1 amide bonds. The van der Waals surface area contributed by atoms with Gasteiger partial charge in [-0.2, -0.15) is 0 Å². The van der Waals surface area contributed by atoms with Gasteiger partial charge in [0.25, 0.3) is 11.6 Å². The van der Waals surface area contributed by atoms with Gasteiger partial charge >= 0.3 is 6.01 Å². The average molecular weight is 435 g/mol. The van der Waals surface area contributed by atoms with Gasteiger partial charge in [-0.3, -0.25) is 20.2 Å². The highest BCUT2D eigenvalue weighted by Gasteiger charge is 2.23. The number of rotatable bonds is 7. The SMILES string of the molecule is COc1cc(-c2nnc(NC(=O)c3cc(Cl)ccc3[N+](=O)[O-])o2)cc(OC)c1OC. The van der Waals surface area contributed by atoms with Gasteiger partial charge in [0.15, 0.2) is 11.5 Å². The van der Waals surface area contributed by atoms with E-state index in [1.807, 2.05) is 0 Å². The van der Waals surface area contributed by atoms with Crippen LogP contribution in [0.1, 0.15) is 10.4 Å². The van der Waals surface area contributed by atoms with Crippen molar-refractivity contribution in [1.82, 2.24) is 10.2 Å². The van der Waals surface area contributed by atoms with Crippen LogP contribution >= 0.6 is 11.6 Å². The van der Waals surface area contributed by atoms with Gasteiger partial charge in [-0.25, -0.2) is 0 Å². The number of carbonyl (C=O) groups excluding carboxylic acids is 1. The number of carbonyl (C=O) groups is 1. The lowest BCUT2D eigenvalue weighted by atomic mass is 10.1. The number of ether oxygens (including phenoxy) is 3. The lowest BCUT2D eigenvalue weighted by molar-refractivity contribution is -0.385. The zero-order valence-electron chi connectivity index (χ0n) is 16.0. The molecule has 1 heterocycles. The van der Waals surface area contributed by atoms with Gasteiger partial charge in [-0.05, 0) is 24.3 Å². The standard InChI is InChI=1S/C18H15ClN4O7/c1-27-13-6-9(7-14(28-2)15(13)29-3)17-21-22-18(30-17)20-16(24)11-8-10(19)4-5-12(11)23(25)26/h4-8H,1-3H3,(H,20,22,24). The summed E-state index contributed by atoms with van der Waals surface area (Å²) in [6.45, 7) is 0. The topological polar surface area (TPSA) is 139 Å². The van der Waals surface area contributed by atoms with Crippen molar-refractivity contribution in [1.29, 1.82) is 0 Å². The molecule has 0 aliphatic heterocycles. The number of nitrogens with one attached hydrogen (secondary N) is 1. The molecule has 0 aliphatic carbocycles. The van der Waals surface area contributed by atoms with E-state index in [2.05, 4.69) is 15.5 Å². The third-order valence-electron chi connectivity index (χ3n) is 3.96. The van der Waals surface area contributed by atoms with Crippen LogP contribution in [0.4, 0.5) is 11.7 Å². The fourth-order valence-electron chi connectivity index (χ4n) is 2.61. The Bertz CT molecular complexity index is 1090. The molecule has 30 heavy (non-hydrogen) atoms. The Balaban J connectivity index is 1.90. The first-order chi connectivity index (χ1) is 14.4. The molecule has 12 heteroatoms. The largest absolute Gasteiger partial charge is 0.493 e. The molecule has 2 aromatic carbocycles. The number of amides is 1. The van der Waals surface area contributed by atoms with Crippen molar-refractivity contribution >= 4 is 29.2 Å². The molecule has 0 unspecified atom stereocenters. The number of halogens is 1. The molecular weight excluding hydrogens is 420 g/mol. The molecule has 156 valence electrons. The predicted molar refractivity (Wildman–Crippen MR) is 105 cm³/mol. The fraction of sp³-hybridized carbons (Fsp3) is 0.167. The first kappa shape index (κ1) is 20.9. The first-order valence-corrected chi connectivity index (χ1v) is 8.65. The van der Waals surface area contributed by atoms with Crippen molar-refractivity contribution in [3.63, 3.8) is 0 Å². The van der Waals surface area contributed by atoms with Crippen molar-refractivity contribution in [2.24, 2.45) is 0 Å². The second-order valence-corrected chi connectivity index (χ2v) is 6.14. The normalized spacial score (nSPS) is 10.4. The molecule has 3 aromatic rings. The number of methoxy groups -OCH3 is 3. The van der Waals surface area contributed by atoms with Crippen molar-refractivity contribution in [3.05, 3.63) is 51.0 Å². The maximum absolute atomic E-state index is 12.5. The summed E-state index contributed by atoms with van der Waals surface area (Å²) in [5.41, 5.74) is -0.229. The van der Waals surface area contributed by atoms with Gasteiger partial charge in [-0.1, -0.05) is 16.7 Å². The summed E-state index contributed by atoms with van der Waals surface area (Å²) >= 11 is 5.85. The number of hydrogen-bond acceptors (Lipinski definition) is 9. The van der Waals surface area contributed by atoms with E-state index in [0.29, 0.717) is 22.8 Å². The highest BCUT2D eigenvalue weighted by molar-refractivity contribution is 6.31. The van der Waals surface area contributed by atoms with E-state index in [1.165, 1.54) is 33.5 Å². The van der Waals surface area contributed by atoms with Gasteiger partial charge in [0.05, 0.1) is 26.3 Å². The van der Waals surface area contributed by atoms with Gasteiger partial charge in [0.2, 0.25) is 11.6 Å². The Morgan fingerprint density at radius 3 is 2.33 bits per heavy atom. The maximum Gasteiger partial charge on any atom is 0.322 e. The number of anilines is 1. The van der Waals surface area contributed by atoms with Gasteiger partial charge in [-0.15, -0.1) is 5.10 Å². The summed E-state index contributed by atoms with van der Waals surface area (Å²) in [4.78, 5) is 22.9. The van der Waals surface area contributed by atoms with Crippen LogP contribution in [0.3, 0.4) is 0 Å². The third kappa shape index (κ3) is 4.10. The molecule has 0 aliphatic rings. The zero-order valence-corrected chi connectivity index (χ0v) is 16.7. The van der Waals surface area contributed by atoms with Crippen LogP contribution in [0.5, 0.6) is 17.2 Å². The van der Waals surface area contributed by atoms with E-state index in [9.17, 15) is 14.9 Å². The Hall–Kier alpha value is -3.86. The molecule has 1 aromatic heterocycles. The molecule has 0 atom stereocenters. The van der Waals surface area contributed by atoms with E-state index < -0.39 is 16.5 Å². The highest BCUT2D eigenvalue weighted by atomic mass is 35.5. The molecule has 0 radical (unpaired) electrons. The summed E-state index contributed by atoms with van der Waals surface area (Å²) in [7, 11) is 4.38. The van der Waals surface area contributed by atoms with Crippen molar-refractivity contribution in [2.75, 3.05) is 26.6 Å². The molecule has 0 saturated heterocycles. The number of nitro benzene ring substituents is 1. The Kier molecular flexibility index (Phi) is 6.02. The molecule has 0 fully saturated rings. The van der Waals surface area contributed by atoms with Crippen LogP contribution in [0.2, 0.25) is 5.02 Å². The maximum atomic E-state index is 12.5. The second kappa shape index (κ2) is 8.66. The molecule has 0 spiro atoms. The van der Waals surface area contributed by atoms with E-state index in [-0.39, 0.29) is 22.5 Å². The van der Waals surface area contributed by atoms with Crippen molar-refractivity contribution in [2.45, 2.75) is 0 Å². The van der Waals surface area contributed by atoms with Crippen LogP contribution in [0.15, 0.2) is 34.7 Å². The monoisotopic (exact) mass is 434 g/mol. The molecule has 1 N–H and O–H groups in total. The number of hydrogen-bond donors (Lipinski definition) is 1. The van der Waals surface area contributed by atoms with Crippen LogP contribution in [-0.2, 0) is 0 Å². The van der Waals surface area contributed by atoms with E-state index >= 15 is 0 Å². The molecule has 0 saturated carbocycles.